The molecule has 1 N–H and O–H groups in total. The molecule has 1 saturated heterocycles. The molecule has 4 nitrogen and oxygen atoms in total. The van der Waals surface area contributed by atoms with Crippen molar-refractivity contribution >= 4 is 23.0 Å². The van der Waals surface area contributed by atoms with Gasteiger partial charge in [-0.1, -0.05) is 48.5 Å². The molecule has 2 aromatic carbocycles. The summed E-state index contributed by atoms with van der Waals surface area (Å²) in [5.41, 5.74) is 3.12. The van der Waals surface area contributed by atoms with E-state index in [1.54, 1.807) is 0 Å². The van der Waals surface area contributed by atoms with E-state index in [-0.39, 0.29) is 11.7 Å². The van der Waals surface area contributed by atoms with Crippen LogP contribution in [0, 0.1) is 5.92 Å². The fourth-order valence-corrected chi connectivity index (χ4v) is 3.88. The monoisotopic (exact) mass is 346 g/mol. The van der Waals surface area contributed by atoms with E-state index in [4.69, 9.17) is 0 Å². The van der Waals surface area contributed by atoms with Crippen LogP contribution in [0.25, 0.3) is 10.9 Å². The molecule has 0 amide bonds. The summed E-state index contributed by atoms with van der Waals surface area (Å²) >= 11 is 0. The summed E-state index contributed by atoms with van der Waals surface area (Å²) in [6.45, 7) is 2.73. The second-order valence-corrected chi connectivity index (χ2v) is 6.98. The van der Waals surface area contributed by atoms with Gasteiger partial charge in [-0.15, -0.1) is 0 Å². The molecule has 0 spiro atoms. The number of rotatable bonds is 5. The average Bonchev–Trinajstić information content (AvgIpc) is 3.07. The number of aldehydes is 1. The number of benzene rings is 2. The molecule has 0 unspecified atom stereocenters. The Balaban J connectivity index is 1.46. The predicted molar refractivity (Wildman–Crippen MR) is 102 cm³/mol. The third kappa shape index (κ3) is 3.20. The molecule has 0 atom stereocenters. The number of aromatic amines is 1. The summed E-state index contributed by atoms with van der Waals surface area (Å²) < 4.78 is 0. The summed E-state index contributed by atoms with van der Waals surface area (Å²) in [5.74, 6) is 0.0523. The molecule has 2 heterocycles. The Labute approximate surface area is 152 Å². The van der Waals surface area contributed by atoms with Gasteiger partial charge in [0.05, 0.1) is 11.3 Å². The van der Waals surface area contributed by atoms with Crippen LogP contribution in [0.2, 0.25) is 0 Å². The van der Waals surface area contributed by atoms with Crippen LogP contribution >= 0.6 is 0 Å². The van der Waals surface area contributed by atoms with Gasteiger partial charge in [-0.05, 0) is 37.6 Å². The maximum absolute atomic E-state index is 13.0. The number of nitrogens with one attached hydrogen (secondary N) is 1. The summed E-state index contributed by atoms with van der Waals surface area (Å²) in [7, 11) is 0. The van der Waals surface area contributed by atoms with Crippen molar-refractivity contribution in [2.24, 2.45) is 5.92 Å². The zero-order valence-corrected chi connectivity index (χ0v) is 14.7. The zero-order valence-electron chi connectivity index (χ0n) is 14.7. The fraction of sp³-hybridized carbons (Fsp3) is 0.273. The summed E-state index contributed by atoms with van der Waals surface area (Å²) in [4.78, 5) is 30.1. The molecule has 4 rings (SSSR count). The number of fused-ring (bicyclic) bond motifs is 1. The van der Waals surface area contributed by atoms with Gasteiger partial charge in [0.1, 0.15) is 0 Å². The van der Waals surface area contributed by atoms with Crippen molar-refractivity contribution in [3.8, 4) is 0 Å². The van der Waals surface area contributed by atoms with Gasteiger partial charge in [-0.2, -0.15) is 0 Å². The third-order valence-corrected chi connectivity index (χ3v) is 5.32. The maximum Gasteiger partial charge on any atom is 0.182 e. The molecule has 4 heteroatoms. The number of ketones is 1. The Hall–Kier alpha value is -2.72. The van der Waals surface area contributed by atoms with Crippen LogP contribution in [0.5, 0.6) is 0 Å². The lowest BCUT2D eigenvalue weighted by molar-refractivity contribution is 0.0827. The number of carbonyl (C=O) groups is 2. The van der Waals surface area contributed by atoms with Crippen LogP contribution in [0.4, 0.5) is 0 Å². The molecule has 1 fully saturated rings. The number of Topliss-reactive ketones (excluding diaryl/α,β-unsaturated/α-hetero) is 1. The van der Waals surface area contributed by atoms with E-state index in [1.807, 2.05) is 30.3 Å². The topological polar surface area (TPSA) is 53.2 Å². The lowest BCUT2D eigenvalue weighted by atomic mass is 9.89. The van der Waals surface area contributed by atoms with E-state index in [2.05, 4.69) is 34.1 Å². The van der Waals surface area contributed by atoms with E-state index < -0.39 is 0 Å². The first-order valence-electron chi connectivity index (χ1n) is 9.12. The van der Waals surface area contributed by atoms with E-state index in [0.29, 0.717) is 11.3 Å². The highest BCUT2D eigenvalue weighted by atomic mass is 16.1. The fourth-order valence-electron chi connectivity index (χ4n) is 3.88. The number of nitrogens with zero attached hydrogens (tertiary/aromatic N) is 1. The zero-order chi connectivity index (χ0) is 17.9. The predicted octanol–water partition coefficient (Wildman–Crippen LogP) is 4.08. The highest BCUT2D eigenvalue weighted by Crippen LogP contribution is 2.27. The second-order valence-electron chi connectivity index (χ2n) is 6.98. The molecule has 26 heavy (non-hydrogen) atoms. The number of para-hydroxylation sites is 1. The van der Waals surface area contributed by atoms with Gasteiger partial charge < -0.3 is 4.98 Å². The number of carbonyl (C=O) groups excluding carboxylic acids is 2. The third-order valence-electron chi connectivity index (χ3n) is 5.32. The Morgan fingerprint density at radius 3 is 2.46 bits per heavy atom. The Kier molecular flexibility index (Phi) is 4.67. The van der Waals surface area contributed by atoms with Crippen molar-refractivity contribution < 1.29 is 9.59 Å². The van der Waals surface area contributed by atoms with Crippen molar-refractivity contribution in [3.63, 3.8) is 0 Å². The standard InChI is InChI=1S/C22H22N2O2/c25-15-19-18-8-4-5-9-20(18)23-21(19)22(26)17-10-12-24(13-11-17)14-16-6-2-1-3-7-16/h1-9,15,17,23H,10-14H2. The molecule has 1 aliphatic rings. The number of hydrogen-bond acceptors (Lipinski definition) is 3. The van der Waals surface area contributed by atoms with Crippen LogP contribution in [0.15, 0.2) is 54.6 Å². The van der Waals surface area contributed by atoms with Gasteiger partial charge in [0.15, 0.2) is 12.1 Å². The Morgan fingerprint density at radius 1 is 1.04 bits per heavy atom. The van der Waals surface area contributed by atoms with Gasteiger partial charge >= 0.3 is 0 Å². The number of piperidine rings is 1. The van der Waals surface area contributed by atoms with E-state index in [9.17, 15) is 9.59 Å². The largest absolute Gasteiger partial charge is 0.351 e. The minimum absolute atomic E-state index is 0.0196. The van der Waals surface area contributed by atoms with E-state index in [0.717, 1.165) is 49.7 Å². The van der Waals surface area contributed by atoms with Gasteiger partial charge in [-0.3, -0.25) is 14.5 Å². The molecule has 1 aromatic heterocycles. The van der Waals surface area contributed by atoms with Crippen LogP contribution < -0.4 is 0 Å². The highest BCUT2D eigenvalue weighted by molar-refractivity contribution is 6.11. The molecule has 0 aliphatic carbocycles. The number of likely N-dealkylation sites (tertiary alicyclic amines) is 1. The Bertz CT molecular complexity index is 922. The van der Waals surface area contributed by atoms with Crippen molar-refractivity contribution in [3.05, 3.63) is 71.4 Å². The van der Waals surface area contributed by atoms with Crippen molar-refractivity contribution in [1.29, 1.82) is 0 Å². The van der Waals surface area contributed by atoms with Crippen LogP contribution in [0.3, 0.4) is 0 Å². The number of aromatic nitrogens is 1. The maximum atomic E-state index is 13.0. The summed E-state index contributed by atoms with van der Waals surface area (Å²) in [6.07, 6.45) is 2.47. The molecule has 1 aliphatic heterocycles. The molecule has 3 aromatic rings. The smallest absolute Gasteiger partial charge is 0.182 e. The SMILES string of the molecule is O=Cc1c(C(=O)C2CCN(Cc3ccccc3)CC2)[nH]c2ccccc12. The first-order chi connectivity index (χ1) is 12.8. The molecule has 0 radical (unpaired) electrons. The molecular formula is C22H22N2O2. The van der Waals surface area contributed by atoms with Crippen LogP contribution in [0.1, 0.15) is 39.3 Å². The minimum atomic E-state index is -0.0196. The molecule has 0 saturated carbocycles. The van der Waals surface area contributed by atoms with Crippen LogP contribution in [-0.4, -0.2) is 35.0 Å². The van der Waals surface area contributed by atoms with Crippen LogP contribution in [-0.2, 0) is 6.54 Å². The molecular weight excluding hydrogens is 324 g/mol. The van der Waals surface area contributed by atoms with Gasteiger partial charge in [0, 0.05) is 23.4 Å². The lowest BCUT2D eigenvalue weighted by Gasteiger charge is -2.31. The molecule has 132 valence electrons. The minimum Gasteiger partial charge on any atom is -0.351 e. The summed E-state index contributed by atoms with van der Waals surface area (Å²) in [6, 6.07) is 18.0. The first kappa shape index (κ1) is 16.7. The van der Waals surface area contributed by atoms with Crippen molar-refractivity contribution in [1.82, 2.24) is 9.88 Å². The normalized spacial score (nSPS) is 16.0. The number of hydrogen-bond donors (Lipinski definition) is 1. The van der Waals surface area contributed by atoms with Crippen molar-refractivity contribution in [2.45, 2.75) is 19.4 Å². The Morgan fingerprint density at radius 2 is 1.73 bits per heavy atom. The number of H-pyrrole nitrogens is 1. The second kappa shape index (κ2) is 7.26. The highest BCUT2D eigenvalue weighted by Gasteiger charge is 2.28. The van der Waals surface area contributed by atoms with E-state index >= 15 is 0 Å². The molecule has 0 bridgehead atoms. The van der Waals surface area contributed by atoms with Crippen molar-refractivity contribution in [2.75, 3.05) is 13.1 Å². The quantitative estimate of drug-likeness (QED) is 0.559. The van der Waals surface area contributed by atoms with Gasteiger partial charge in [0.2, 0.25) is 0 Å². The van der Waals surface area contributed by atoms with Gasteiger partial charge in [0.25, 0.3) is 0 Å². The average molecular weight is 346 g/mol. The van der Waals surface area contributed by atoms with Gasteiger partial charge in [-0.25, -0.2) is 0 Å². The summed E-state index contributed by atoms with van der Waals surface area (Å²) in [5, 5.41) is 0.826. The first-order valence-corrected chi connectivity index (χ1v) is 9.12. The van der Waals surface area contributed by atoms with E-state index in [1.165, 1.54) is 5.56 Å². The lowest BCUT2D eigenvalue weighted by Crippen LogP contribution is -2.36.